The Kier molecular flexibility index (Phi) is 3.79. The van der Waals surface area contributed by atoms with E-state index in [1.807, 2.05) is 49.0 Å². The number of nitrogens with two attached hydrogens (primary N) is 1. The lowest BCUT2D eigenvalue weighted by Gasteiger charge is -2.15. The summed E-state index contributed by atoms with van der Waals surface area (Å²) in [5.74, 6) is 0. The molecular weight excluding hydrogens is 226 g/mol. The molecule has 1 aromatic carbocycles. The monoisotopic (exact) mass is 245 g/mol. The van der Waals surface area contributed by atoms with E-state index in [9.17, 15) is 4.79 Å². The predicted molar refractivity (Wildman–Crippen MR) is 74.7 cm³/mol. The van der Waals surface area contributed by atoms with Crippen LogP contribution in [0.4, 0.5) is 0 Å². The molecule has 18 heavy (non-hydrogen) atoms. The van der Waals surface area contributed by atoms with Crippen LogP contribution in [0.2, 0.25) is 0 Å². The van der Waals surface area contributed by atoms with E-state index < -0.39 is 0 Å². The number of hydrogen-bond acceptors (Lipinski definition) is 3. The van der Waals surface area contributed by atoms with Crippen LogP contribution in [0.5, 0.6) is 0 Å². The zero-order valence-corrected chi connectivity index (χ0v) is 10.9. The number of aromatic nitrogens is 1. The lowest BCUT2D eigenvalue weighted by Crippen LogP contribution is -2.29. The summed E-state index contributed by atoms with van der Waals surface area (Å²) in [6.45, 7) is 1.80. The van der Waals surface area contributed by atoms with Crippen LogP contribution in [-0.4, -0.2) is 30.1 Å². The maximum Gasteiger partial charge on any atom is 0.255 e. The molecule has 0 saturated heterocycles. The van der Waals surface area contributed by atoms with Gasteiger partial charge in [-0.2, -0.15) is 0 Å². The van der Waals surface area contributed by atoms with Gasteiger partial charge in [-0.15, -0.1) is 0 Å². The van der Waals surface area contributed by atoms with E-state index >= 15 is 0 Å². The first-order chi connectivity index (χ1) is 8.63. The van der Waals surface area contributed by atoms with Crippen LogP contribution < -0.4 is 11.3 Å². The van der Waals surface area contributed by atoms with Crippen molar-refractivity contribution in [1.82, 2.24) is 9.47 Å². The molecule has 0 unspecified atom stereocenters. The van der Waals surface area contributed by atoms with Crippen LogP contribution in [0.3, 0.4) is 0 Å². The zero-order chi connectivity index (χ0) is 13.1. The quantitative estimate of drug-likeness (QED) is 0.875. The second-order valence-corrected chi connectivity index (χ2v) is 4.69. The van der Waals surface area contributed by atoms with Gasteiger partial charge in [0.25, 0.3) is 5.56 Å². The maximum absolute atomic E-state index is 12.3. The van der Waals surface area contributed by atoms with E-state index in [0.29, 0.717) is 12.1 Å². The summed E-state index contributed by atoms with van der Waals surface area (Å²) in [4.78, 5) is 14.4. The average Bonchev–Trinajstić information content (AvgIpc) is 2.36. The second kappa shape index (κ2) is 5.33. The van der Waals surface area contributed by atoms with E-state index in [1.54, 1.807) is 0 Å². The van der Waals surface area contributed by atoms with Crippen molar-refractivity contribution in [3.05, 3.63) is 46.2 Å². The van der Waals surface area contributed by atoms with E-state index in [0.717, 1.165) is 17.4 Å². The minimum absolute atomic E-state index is 0.0260. The minimum Gasteiger partial charge on any atom is -0.326 e. The SMILES string of the molecule is CN(C)CCn1c(=O)c(CN)cc2ccccc21. The standard InChI is InChI=1S/C14H19N3O/c1-16(2)7-8-17-13-6-4-3-5-11(13)9-12(10-15)14(17)18/h3-6,9H,7-8,10,15H2,1-2H3. The molecule has 4 nitrogen and oxygen atoms in total. The van der Waals surface area contributed by atoms with Gasteiger partial charge >= 0.3 is 0 Å². The third-order valence-electron chi connectivity index (χ3n) is 3.07. The molecule has 0 fully saturated rings. The zero-order valence-electron chi connectivity index (χ0n) is 10.9. The summed E-state index contributed by atoms with van der Waals surface area (Å²) >= 11 is 0. The van der Waals surface area contributed by atoms with Gasteiger partial charge in [0, 0.05) is 25.2 Å². The van der Waals surface area contributed by atoms with Crippen LogP contribution >= 0.6 is 0 Å². The van der Waals surface area contributed by atoms with Crippen LogP contribution in [0.25, 0.3) is 10.9 Å². The summed E-state index contributed by atoms with van der Waals surface area (Å²) in [5.41, 5.74) is 7.32. The number of para-hydroxylation sites is 1. The molecule has 0 aliphatic carbocycles. The summed E-state index contributed by atoms with van der Waals surface area (Å²) in [6.07, 6.45) is 0. The number of nitrogens with zero attached hydrogens (tertiary/aromatic N) is 2. The van der Waals surface area contributed by atoms with Crippen LogP contribution in [0, 0.1) is 0 Å². The van der Waals surface area contributed by atoms with Gasteiger partial charge in [0.2, 0.25) is 0 Å². The molecule has 0 spiro atoms. The molecule has 0 aliphatic heterocycles. The van der Waals surface area contributed by atoms with Crippen LogP contribution in [0.15, 0.2) is 35.1 Å². The molecule has 0 atom stereocenters. The van der Waals surface area contributed by atoms with Crippen molar-refractivity contribution in [3.8, 4) is 0 Å². The number of rotatable bonds is 4. The van der Waals surface area contributed by atoms with Gasteiger partial charge in [0.1, 0.15) is 0 Å². The molecule has 2 aromatic rings. The molecular formula is C14H19N3O. The second-order valence-electron chi connectivity index (χ2n) is 4.69. The fourth-order valence-corrected chi connectivity index (χ4v) is 2.06. The highest BCUT2D eigenvalue weighted by atomic mass is 16.1. The largest absolute Gasteiger partial charge is 0.326 e. The fourth-order valence-electron chi connectivity index (χ4n) is 2.06. The third-order valence-corrected chi connectivity index (χ3v) is 3.07. The molecule has 4 heteroatoms. The summed E-state index contributed by atoms with van der Waals surface area (Å²) in [5, 5.41) is 1.07. The first-order valence-electron chi connectivity index (χ1n) is 6.09. The fraction of sp³-hybridized carbons (Fsp3) is 0.357. The highest BCUT2D eigenvalue weighted by Gasteiger charge is 2.07. The Hall–Kier alpha value is -1.65. The van der Waals surface area contributed by atoms with Gasteiger partial charge in [-0.3, -0.25) is 4.79 Å². The Morgan fingerprint density at radius 3 is 2.67 bits per heavy atom. The van der Waals surface area contributed by atoms with Gasteiger partial charge in [-0.05, 0) is 31.6 Å². The number of likely N-dealkylation sites (N-methyl/N-ethyl adjacent to an activating group) is 1. The highest BCUT2D eigenvalue weighted by Crippen LogP contribution is 2.13. The Morgan fingerprint density at radius 2 is 2.00 bits per heavy atom. The molecule has 0 bridgehead atoms. The molecule has 0 radical (unpaired) electrons. The van der Waals surface area contributed by atoms with Gasteiger partial charge in [-0.1, -0.05) is 18.2 Å². The average molecular weight is 245 g/mol. The summed E-state index contributed by atoms with van der Waals surface area (Å²) < 4.78 is 1.82. The topological polar surface area (TPSA) is 51.3 Å². The molecule has 0 aliphatic rings. The lowest BCUT2D eigenvalue weighted by atomic mass is 10.1. The molecule has 0 saturated carbocycles. The highest BCUT2D eigenvalue weighted by molar-refractivity contribution is 5.79. The summed E-state index contributed by atoms with van der Waals surface area (Å²) in [7, 11) is 4.00. The van der Waals surface area contributed by atoms with E-state index in [2.05, 4.69) is 4.90 Å². The molecule has 1 heterocycles. The van der Waals surface area contributed by atoms with Crippen molar-refractivity contribution in [2.24, 2.45) is 5.73 Å². The first kappa shape index (κ1) is 12.8. The molecule has 2 N–H and O–H groups in total. The maximum atomic E-state index is 12.3. The summed E-state index contributed by atoms with van der Waals surface area (Å²) in [6, 6.07) is 9.82. The van der Waals surface area contributed by atoms with Crippen LogP contribution in [-0.2, 0) is 13.1 Å². The van der Waals surface area contributed by atoms with Gasteiger partial charge in [-0.25, -0.2) is 0 Å². The smallest absolute Gasteiger partial charge is 0.255 e. The molecule has 1 aromatic heterocycles. The Balaban J connectivity index is 2.59. The predicted octanol–water partition coefficient (Wildman–Crippen LogP) is 1.02. The first-order valence-corrected chi connectivity index (χ1v) is 6.09. The van der Waals surface area contributed by atoms with Crippen LogP contribution in [0.1, 0.15) is 5.56 Å². The van der Waals surface area contributed by atoms with E-state index in [1.165, 1.54) is 0 Å². The number of benzene rings is 1. The Bertz CT molecular complexity index is 602. The van der Waals surface area contributed by atoms with Crippen molar-refractivity contribution in [3.63, 3.8) is 0 Å². The molecule has 96 valence electrons. The van der Waals surface area contributed by atoms with Crippen molar-refractivity contribution >= 4 is 10.9 Å². The van der Waals surface area contributed by atoms with Gasteiger partial charge in [0.15, 0.2) is 0 Å². The lowest BCUT2D eigenvalue weighted by molar-refractivity contribution is 0.384. The van der Waals surface area contributed by atoms with Crippen molar-refractivity contribution in [1.29, 1.82) is 0 Å². The number of hydrogen-bond donors (Lipinski definition) is 1. The van der Waals surface area contributed by atoms with Crippen molar-refractivity contribution in [2.75, 3.05) is 20.6 Å². The molecule has 0 amide bonds. The van der Waals surface area contributed by atoms with Gasteiger partial charge < -0.3 is 15.2 Å². The minimum atomic E-state index is 0.0260. The van der Waals surface area contributed by atoms with E-state index in [4.69, 9.17) is 5.73 Å². The third kappa shape index (κ3) is 2.44. The normalized spacial score (nSPS) is 11.3. The van der Waals surface area contributed by atoms with E-state index in [-0.39, 0.29) is 12.1 Å². The Labute approximate surface area is 107 Å². The van der Waals surface area contributed by atoms with Crippen molar-refractivity contribution in [2.45, 2.75) is 13.1 Å². The number of pyridine rings is 1. The van der Waals surface area contributed by atoms with Gasteiger partial charge in [0.05, 0.1) is 5.52 Å². The Morgan fingerprint density at radius 1 is 1.28 bits per heavy atom. The number of fused-ring (bicyclic) bond motifs is 1. The van der Waals surface area contributed by atoms with Crippen molar-refractivity contribution < 1.29 is 0 Å². The molecule has 2 rings (SSSR count).